The molecule has 2 nitrogen and oxygen atoms in total. The van der Waals surface area contributed by atoms with Gasteiger partial charge in [-0.2, -0.15) is 0 Å². The lowest BCUT2D eigenvalue weighted by Crippen LogP contribution is -2.44. The lowest BCUT2D eigenvalue weighted by molar-refractivity contribution is 0.150. The highest BCUT2D eigenvalue weighted by Crippen LogP contribution is 2.21. The third-order valence-electron chi connectivity index (χ3n) is 4.40. The molecule has 1 aromatic rings. The van der Waals surface area contributed by atoms with Crippen LogP contribution in [-0.4, -0.2) is 30.6 Å². The Bertz CT molecular complexity index is 450. The third-order valence-corrected chi connectivity index (χ3v) is 4.69. The van der Waals surface area contributed by atoms with Crippen molar-refractivity contribution >= 4 is 11.6 Å². The van der Waals surface area contributed by atoms with Gasteiger partial charge in [0.05, 0.1) is 5.02 Å². The van der Waals surface area contributed by atoms with Crippen LogP contribution in [0.1, 0.15) is 38.7 Å². The molecule has 21 heavy (non-hydrogen) atoms. The Labute approximate surface area is 132 Å². The number of benzene rings is 1. The van der Waals surface area contributed by atoms with Crippen molar-refractivity contribution in [2.75, 3.05) is 19.6 Å². The van der Waals surface area contributed by atoms with Crippen LogP contribution in [0.5, 0.6) is 0 Å². The first kappa shape index (κ1) is 16.7. The van der Waals surface area contributed by atoms with Crippen LogP contribution in [0.2, 0.25) is 5.02 Å². The molecule has 2 rings (SSSR count). The molecule has 2 atom stereocenters. The second-order valence-corrected chi connectivity index (χ2v) is 6.53. The van der Waals surface area contributed by atoms with E-state index in [1.165, 1.54) is 45.0 Å². The SMILES string of the molecule is CCCN1CCCC(C(C)NCc2ccc(F)c(Cl)c2)C1. The van der Waals surface area contributed by atoms with Crippen molar-refractivity contribution in [2.24, 2.45) is 5.92 Å². The van der Waals surface area contributed by atoms with Gasteiger partial charge < -0.3 is 10.2 Å². The summed E-state index contributed by atoms with van der Waals surface area (Å²) >= 11 is 5.82. The van der Waals surface area contributed by atoms with Gasteiger partial charge in [-0.1, -0.05) is 24.6 Å². The molecule has 1 fully saturated rings. The van der Waals surface area contributed by atoms with Crippen LogP contribution >= 0.6 is 11.6 Å². The Morgan fingerprint density at radius 1 is 1.48 bits per heavy atom. The molecule has 4 heteroatoms. The molecule has 0 spiro atoms. The maximum atomic E-state index is 13.1. The molecule has 118 valence electrons. The number of hydrogen-bond donors (Lipinski definition) is 1. The smallest absolute Gasteiger partial charge is 0.141 e. The zero-order valence-corrected chi connectivity index (χ0v) is 13.8. The van der Waals surface area contributed by atoms with E-state index in [4.69, 9.17) is 11.6 Å². The molecule has 1 saturated heterocycles. The van der Waals surface area contributed by atoms with E-state index in [2.05, 4.69) is 24.1 Å². The molecular formula is C17H26ClFN2. The highest BCUT2D eigenvalue weighted by molar-refractivity contribution is 6.30. The highest BCUT2D eigenvalue weighted by atomic mass is 35.5. The van der Waals surface area contributed by atoms with Gasteiger partial charge in [0, 0.05) is 19.1 Å². The summed E-state index contributed by atoms with van der Waals surface area (Å²) in [5.41, 5.74) is 1.04. The molecule has 0 amide bonds. The van der Waals surface area contributed by atoms with Crippen LogP contribution in [0, 0.1) is 11.7 Å². The van der Waals surface area contributed by atoms with Gasteiger partial charge in [0.15, 0.2) is 0 Å². The minimum absolute atomic E-state index is 0.203. The fourth-order valence-corrected chi connectivity index (χ4v) is 3.32. The van der Waals surface area contributed by atoms with E-state index < -0.39 is 0 Å². The summed E-state index contributed by atoms with van der Waals surface area (Å²) in [6.45, 7) is 8.87. The summed E-state index contributed by atoms with van der Waals surface area (Å²) in [6, 6.07) is 5.41. The number of halogens is 2. The predicted octanol–water partition coefficient (Wildman–Crippen LogP) is 4.08. The Morgan fingerprint density at radius 3 is 3.00 bits per heavy atom. The van der Waals surface area contributed by atoms with Crippen LogP contribution in [0.25, 0.3) is 0 Å². The van der Waals surface area contributed by atoms with Gasteiger partial charge in [-0.05, 0) is 62.9 Å². The van der Waals surface area contributed by atoms with Gasteiger partial charge in [-0.3, -0.25) is 0 Å². The predicted molar refractivity (Wildman–Crippen MR) is 87.2 cm³/mol. The number of likely N-dealkylation sites (tertiary alicyclic amines) is 1. The molecule has 1 heterocycles. The first-order valence-corrected chi connectivity index (χ1v) is 8.37. The zero-order chi connectivity index (χ0) is 15.2. The van der Waals surface area contributed by atoms with E-state index in [0.717, 1.165) is 12.1 Å². The first-order chi connectivity index (χ1) is 10.1. The fourth-order valence-electron chi connectivity index (χ4n) is 3.11. The summed E-state index contributed by atoms with van der Waals surface area (Å²) in [7, 11) is 0. The third kappa shape index (κ3) is 4.94. The fraction of sp³-hybridized carbons (Fsp3) is 0.647. The second kappa shape index (κ2) is 8.11. The molecular weight excluding hydrogens is 287 g/mol. The number of nitrogens with one attached hydrogen (secondary N) is 1. The lowest BCUT2D eigenvalue weighted by atomic mass is 9.91. The van der Waals surface area contributed by atoms with Crippen LogP contribution in [-0.2, 0) is 6.54 Å². The Balaban J connectivity index is 1.83. The van der Waals surface area contributed by atoms with Crippen LogP contribution < -0.4 is 5.32 Å². The molecule has 0 radical (unpaired) electrons. The van der Waals surface area contributed by atoms with E-state index in [-0.39, 0.29) is 10.8 Å². The van der Waals surface area contributed by atoms with E-state index in [9.17, 15) is 4.39 Å². The van der Waals surface area contributed by atoms with Crippen LogP contribution in [0.3, 0.4) is 0 Å². The molecule has 1 aromatic carbocycles. The first-order valence-electron chi connectivity index (χ1n) is 7.99. The molecule has 0 saturated carbocycles. The van der Waals surface area contributed by atoms with Crippen LogP contribution in [0.4, 0.5) is 4.39 Å². The Hall–Kier alpha value is -0.640. The lowest BCUT2D eigenvalue weighted by Gasteiger charge is -2.36. The van der Waals surface area contributed by atoms with Crippen LogP contribution in [0.15, 0.2) is 18.2 Å². The normalized spacial score (nSPS) is 21.4. The van der Waals surface area contributed by atoms with Gasteiger partial charge in [0.25, 0.3) is 0 Å². The van der Waals surface area contributed by atoms with Gasteiger partial charge in [0.2, 0.25) is 0 Å². The average Bonchev–Trinajstić information content (AvgIpc) is 2.49. The number of nitrogens with zero attached hydrogens (tertiary/aromatic N) is 1. The second-order valence-electron chi connectivity index (χ2n) is 6.12. The monoisotopic (exact) mass is 312 g/mol. The summed E-state index contributed by atoms with van der Waals surface area (Å²) in [5, 5.41) is 3.77. The molecule has 1 N–H and O–H groups in total. The van der Waals surface area contributed by atoms with Crippen molar-refractivity contribution in [2.45, 2.75) is 45.7 Å². The quantitative estimate of drug-likeness (QED) is 0.851. The number of rotatable bonds is 6. The largest absolute Gasteiger partial charge is 0.310 e. The summed E-state index contributed by atoms with van der Waals surface area (Å²) < 4.78 is 13.1. The van der Waals surface area contributed by atoms with Crippen molar-refractivity contribution in [3.8, 4) is 0 Å². The van der Waals surface area contributed by atoms with Gasteiger partial charge in [-0.15, -0.1) is 0 Å². The van der Waals surface area contributed by atoms with Crippen molar-refractivity contribution in [3.63, 3.8) is 0 Å². The molecule has 1 aliphatic heterocycles. The zero-order valence-electron chi connectivity index (χ0n) is 13.0. The minimum Gasteiger partial charge on any atom is -0.310 e. The summed E-state index contributed by atoms with van der Waals surface area (Å²) in [5.74, 6) is 0.345. The van der Waals surface area contributed by atoms with Crippen molar-refractivity contribution in [3.05, 3.63) is 34.6 Å². The van der Waals surface area contributed by atoms with Crippen molar-refractivity contribution < 1.29 is 4.39 Å². The van der Waals surface area contributed by atoms with Gasteiger partial charge in [0.1, 0.15) is 5.82 Å². The summed E-state index contributed by atoms with van der Waals surface area (Å²) in [6.07, 6.45) is 3.81. The minimum atomic E-state index is -0.351. The maximum absolute atomic E-state index is 13.1. The molecule has 1 aliphatic rings. The molecule has 2 unspecified atom stereocenters. The number of hydrogen-bond acceptors (Lipinski definition) is 2. The average molecular weight is 313 g/mol. The highest BCUT2D eigenvalue weighted by Gasteiger charge is 2.23. The Kier molecular flexibility index (Phi) is 6.46. The van der Waals surface area contributed by atoms with E-state index in [1.807, 2.05) is 0 Å². The Morgan fingerprint density at radius 2 is 2.29 bits per heavy atom. The van der Waals surface area contributed by atoms with Crippen molar-refractivity contribution in [1.29, 1.82) is 0 Å². The van der Waals surface area contributed by atoms with E-state index in [0.29, 0.717) is 12.0 Å². The van der Waals surface area contributed by atoms with E-state index >= 15 is 0 Å². The topological polar surface area (TPSA) is 15.3 Å². The molecule has 0 bridgehead atoms. The van der Waals surface area contributed by atoms with Gasteiger partial charge in [-0.25, -0.2) is 4.39 Å². The maximum Gasteiger partial charge on any atom is 0.141 e. The summed E-state index contributed by atoms with van der Waals surface area (Å²) in [4.78, 5) is 2.57. The molecule has 0 aromatic heterocycles. The van der Waals surface area contributed by atoms with E-state index in [1.54, 1.807) is 12.1 Å². The van der Waals surface area contributed by atoms with Gasteiger partial charge >= 0.3 is 0 Å². The van der Waals surface area contributed by atoms with Crippen molar-refractivity contribution in [1.82, 2.24) is 10.2 Å². The number of piperidine rings is 1. The standard InChI is InChI=1S/C17H26ClFN2/c1-3-8-21-9-4-5-15(12-21)13(2)20-11-14-6-7-17(19)16(18)10-14/h6-7,10,13,15,20H,3-5,8-9,11-12H2,1-2H3. The molecule has 0 aliphatic carbocycles.